The van der Waals surface area contributed by atoms with E-state index in [-0.39, 0.29) is 11.9 Å². The molecule has 2 rings (SSSR count). The minimum absolute atomic E-state index is 0.0215. The maximum atomic E-state index is 12.1. The van der Waals surface area contributed by atoms with Crippen LogP contribution in [0, 0.1) is 13.8 Å². The molecule has 0 spiro atoms. The molecule has 0 fully saturated rings. The van der Waals surface area contributed by atoms with Crippen LogP contribution in [0.5, 0.6) is 0 Å². The summed E-state index contributed by atoms with van der Waals surface area (Å²) in [5, 5.41) is 11.0. The number of nitrogens with zero attached hydrogens (tertiary/aromatic N) is 3. The van der Waals surface area contributed by atoms with Gasteiger partial charge in [-0.25, -0.2) is 0 Å². The Morgan fingerprint density at radius 3 is 2.76 bits per heavy atom. The molecule has 2 heterocycles. The zero-order valence-electron chi connectivity index (χ0n) is 10.4. The van der Waals surface area contributed by atoms with Crippen LogP contribution in [0.25, 0.3) is 4.96 Å². The fourth-order valence-electron chi connectivity index (χ4n) is 1.66. The molecule has 17 heavy (non-hydrogen) atoms. The lowest BCUT2D eigenvalue weighted by Gasteiger charge is -2.10. The van der Waals surface area contributed by atoms with Crippen LogP contribution in [0.15, 0.2) is 0 Å². The number of aryl methyl sites for hydroxylation is 2. The zero-order valence-corrected chi connectivity index (χ0v) is 11.3. The molecule has 92 valence electrons. The Morgan fingerprint density at radius 1 is 1.47 bits per heavy atom. The van der Waals surface area contributed by atoms with Crippen LogP contribution < -0.4 is 5.32 Å². The van der Waals surface area contributed by atoms with E-state index in [9.17, 15) is 4.79 Å². The van der Waals surface area contributed by atoms with E-state index in [0.29, 0.717) is 0 Å². The lowest BCUT2D eigenvalue weighted by molar-refractivity contribution is 0.0942. The average Bonchev–Trinajstić information content (AvgIpc) is 2.81. The summed E-state index contributed by atoms with van der Waals surface area (Å²) in [5.41, 5.74) is 0.910. The van der Waals surface area contributed by atoms with E-state index < -0.39 is 0 Å². The topological polar surface area (TPSA) is 59.3 Å². The van der Waals surface area contributed by atoms with Crippen molar-refractivity contribution in [3.63, 3.8) is 0 Å². The van der Waals surface area contributed by atoms with E-state index in [4.69, 9.17) is 0 Å². The zero-order chi connectivity index (χ0) is 12.6. The minimum atomic E-state index is -0.0215. The van der Waals surface area contributed by atoms with Crippen LogP contribution in [0.3, 0.4) is 0 Å². The number of fused-ring (bicyclic) bond motifs is 1. The predicted molar refractivity (Wildman–Crippen MR) is 67.6 cm³/mol. The van der Waals surface area contributed by atoms with Gasteiger partial charge < -0.3 is 5.32 Å². The lowest BCUT2D eigenvalue weighted by atomic mass is 10.2. The molecule has 1 atom stereocenters. The van der Waals surface area contributed by atoms with Crippen molar-refractivity contribution in [3.8, 4) is 0 Å². The molecule has 0 saturated heterocycles. The van der Waals surface area contributed by atoms with Gasteiger partial charge in [0.2, 0.25) is 4.96 Å². The van der Waals surface area contributed by atoms with Gasteiger partial charge in [-0.3, -0.25) is 9.20 Å². The predicted octanol–water partition coefficient (Wildman–Crippen LogP) is 1.94. The second kappa shape index (κ2) is 4.44. The van der Waals surface area contributed by atoms with Gasteiger partial charge in [0.05, 0.1) is 0 Å². The molecule has 1 amide bonds. The first kappa shape index (κ1) is 12.0. The van der Waals surface area contributed by atoms with Gasteiger partial charge in [0.15, 0.2) is 0 Å². The van der Waals surface area contributed by atoms with Crippen molar-refractivity contribution in [2.24, 2.45) is 0 Å². The molecule has 2 aromatic rings. The highest BCUT2D eigenvalue weighted by atomic mass is 32.1. The molecule has 0 bridgehead atoms. The number of nitrogens with one attached hydrogen (secondary N) is 1. The second-order valence-corrected chi connectivity index (χ2v) is 5.14. The molecular weight excluding hydrogens is 236 g/mol. The SMILES string of the molecule is CCC(C)NC(=O)c1sc2nnc(C)n2c1C. The molecular formula is C11H16N4OS. The largest absolute Gasteiger partial charge is 0.349 e. The van der Waals surface area contributed by atoms with Crippen LogP contribution in [0.1, 0.15) is 41.5 Å². The average molecular weight is 252 g/mol. The van der Waals surface area contributed by atoms with Gasteiger partial charge in [-0.1, -0.05) is 18.3 Å². The molecule has 1 unspecified atom stereocenters. The lowest BCUT2D eigenvalue weighted by Crippen LogP contribution is -2.31. The van der Waals surface area contributed by atoms with Crippen LogP contribution in [0.2, 0.25) is 0 Å². The molecule has 0 saturated carbocycles. The van der Waals surface area contributed by atoms with Crippen molar-refractivity contribution >= 4 is 22.2 Å². The molecule has 0 aliphatic carbocycles. The number of hydrogen-bond donors (Lipinski definition) is 1. The Morgan fingerprint density at radius 2 is 2.18 bits per heavy atom. The van der Waals surface area contributed by atoms with Gasteiger partial charge in [0, 0.05) is 11.7 Å². The number of carbonyl (C=O) groups is 1. The molecule has 0 radical (unpaired) electrons. The first-order valence-electron chi connectivity index (χ1n) is 5.66. The summed E-state index contributed by atoms with van der Waals surface area (Å²) in [6, 6.07) is 0.190. The van der Waals surface area contributed by atoms with Crippen LogP contribution in [-0.2, 0) is 0 Å². The van der Waals surface area contributed by atoms with E-state index in [2.05, 4.69) is 15.5 Å². The van der Waals surface area contributed by atoms with Gasteiger partial charge in [-0.2, -0.15) is 0 Å². The Balaban J connectivity index is 2.36. The smallest absolute Gasteiger partial charge is 0.263 e. The fraction of sp³-hybridized carbons (Fsp3) is 0.545. The van der Waals surface area contributed by atoms with Gasteiger partial charge in [0.1, 0.15) is 10.7 Å². The third-order valence-electron chi connectivity index (χ3n) is 2.85. The van der Waals surface area contributed by atoms with Gasteiger partial charge in [-0.15, -0.1) is 10.2 Å². The summed E-state index contributed by atoms with van der Waals surface area (Å²) in [6.07, 6.45) is 0.924. The van der Waals surface area contributed by atoms with E-state index in [0.717, 1.165) is 27.8 Å². The third-order valence-corrected chi connectivity index (χ3v) is 3.98. The Labute approximate surface area is 104 Å². The minimum Gasteiger partial charge on any atom is -0.349 e. The highest BCUT2D eigenvalue weighted by molar-refractivity contribution is 7.19. The van der Waals surface area contributed by atoms with Crippen molar-refractivity contribution in [1.29, 1.82) is 0 Å². The number of rotatable bonds is 3. The highest BCUT2D eigenvalue weighted by Crippen LogP contribution is 2.22. The monoisotopic (exact) mass is 252 g/mol. The Hall–Kier alpha value is -1.43. The standard InChI is InChI=1S/C11H16N4OS/c1-5-6(2)12-10(16)9-7(3)15-8(4)13-14-11(15)17-9/h6H,5H2,1-4H3,(H,12,16). The maximum absolute atomic E-state index is 12.1. The summed E-state index contributed by atoms with van der Waals surface area (Å²) in [4.78, 5) is 13.5. The van der Waals surface area contributed by atoms with Crippen molar-refractivity contribution in [1.82, 2.24) is 19.9 Å². The second-order valence-electron chi connectivity index (χ2n) is 4.16. The molecule has 1 N–H and O–H groups in total. The normalized spacial score (nSPS) is 12.9. The number of carbonyl (C=O) groups excluding carboxylic acids is 1. The number of aromatic nitrogens is 3. The van der Waals surface area contributed by atoms with Crippen LogP contribution >= 0.6 is 11.3 Å². The summed E-state index contributed by atoms with van der Waals surface area (Å²) in [6.45, 7) is 7.85. The molecule has 5 nitrogen and oxygen atoms in total. The third kappa shape index (κ3) is 2.04. The van der Waals surface area contributed by atoms with Crippen molar-refractivity contribution in [3.05, 3.63) is 16.4 Å². The van der Waals surface area contributed by atoms with Crippen molar-refractivity contribution in [2.45, 2.75) is 40.2 Å². The number of thiazole rings is 1. The van der Waals surface area contributed by atoms with E-state index in [1.54, 1.807) is 0 Å². The first-order valence-corrected chi connectivity index (χ1v) is 6.48. The molecule has 6 heteroatoms. The summed E-state index contributed by atoms with van der Waals surface area (Å²) in [7, 11) is 0. The maximum Gasteiger partial charge on any atom is 0.263 e. The van der Waals surface area contributed by atoms with E-state index in [1.807, 2.05) is 32.1 Å². The van der Waals surface area contributed by atoms with Crippen molar-refractivity contribution in [2.75, 3.05) is 0 Å². The Bertz CT molecular complexity index is 557. The van der Waals surface area contributed by atoms with Gasteiger partial charge >= 0.3 is 0 Å². The quantitative estimate of drug-likeness (QED) is 0.908. The number of hydrogen-bond acceptors (Lipinski definition) is 4. The van der Waals surface area contributed by atoms with E-state index in [1.165, 1.54) is 11.3 Å². The summed E-state index contributed by atoms with van der Waals surface area (Å²) >= 11 is 1.38. The Kier molecular flexibility index (Phi) is 3.15. The molecule has 0 aromatic carbocycles. The van der Waals surface area contributed by atoms with Gasteiger partial charge in [0.25, 0.3) is 5.91 Å². The number of amides is 1. The fourth-order valence-corrected chi connectivity index (χ4v) is 2.68. The van der Waals surface area contributed by atoms with E-state index >= 15 is 0 Å². The van der Waals surface area contributed by atoms with Crippen LogP contribution in [-0.4, -0.2) is 26.5 Å². The first-order chi connectivity index (χ1) is 8.04. The summed E-state index contributed by atoms with van der Waals surface area (Å²) < 4.78 is 1.91. The summed E-state index contributed by atoms with van der Waals surface area (Å²) in [5.74, 6) is 0.795. The highest BCUT2D eigenvalue weighted by Gasteiger charge is 2.19. The molecule has 0 aliphatic heterocycles. The van der Waals surface area contributed by atoms with Gasteiger partial charge in [-0.05, 0) is 27.2 Å². The molecule has 2 aromatic heterocycles. The van der Waals surface area contributed by atoms with Crippen molar-refractivity contribution < 1.29 is 4.79 Å². The molecule has 0 aliphatic rings. The van der Waals surface area contributed by atoms with Crippen LogP contribution in [0.4, 0.5) is 0 Å².